The van der Waals surface area contributed by atoms with Crippen LogP contribution in [0, 0.1) is 21.4 Å². The largest absolute Gasteiger partial charge is 0.324 e. The average molecular weight is 168 g/mol. The summed E-state index contributed by atoms with van der Waals surface area (Å²) < 4.78 is 0. The Bertz CT molecular complexity index is 313. The van der Waals surface area contributed by atoms with E-state index in [-0.39, 0.29) is 11.4 Å². The van der Waals surface area contributed by atoms with E-state index in [2.05, 4.69) is 0 Å². The van der Waals surface area contributed by atoms with E-state index in [1.807, 2.05) is 6.07 Å². The summed E-state index contributed by atoms with van der Waals surface area (Å²) in [5.74, 6) is 0. The van der Waals surface area contributed by atoms with E-state index in [1.165, 1.54) is 6.07 Å². The van der Waals surface area contributed by atoms with Crippen LogP contribution in [-0.4, -0.2) is 4.92 Å². The maximum atomic E-state index is 10.2. The zero-order valence-electron chi connectivity index (χ0n) is 5.48. The van der Waals surface area contributed by atoms with Gasteiger partial charge in [0, 0.05) is 10.9 Å². The van der Waals surface area contributed by atoms with Crippen LogP contribution in [0.15, 0.2) is 12.1 Å². The van der Waals surface area contributed by atoms with Crippen molar-refractivity contribution in [2.24, 2.45) is 0 Å². The molecule has 1 aromatic heterocycles. The second-order valence-electron chi connectivity index (χ2n) is 1.83. The maximum Gasteiger partial charge on any atom is 0.324 e. The molecule has 0 bridgehead atoms. The first-order valence-electron chi connectivity index (χ1n) is 2.84. The van der Waals surface area contributed by atoms with Crippen LogP contribution in [0.5, 0.6) is 0 Å². The van der Waals surface area contributed by atoms with E-state index >= 15 is 0 Å². The molecule has 0 aliphatic rings. The zero-order valence-corrected chi connectivity index (χ0v) is 6.30. The summed E-state index contributed by atoms with van der Waals surface area (Å²) in [5, 5.41) is 18.5. The molecule has 0 N–H and O–H groups in total. The summed E-state index contributed by atoms with van der Waals surface area (Å²) in [4.78, 5) is 10.4. The van der Waals surface area contributed by atoms with Crippen LogP contribution >= 0.6 is 11.3 Å². The highest BCUT2D eigenvalue weighted by Crippen LogP contribution is 2.23. The molecule has 1 rings (SSSR count). The minimum atomic E-state index is -0.453. The van der Waals surface area contributed by atoms with E-state index < -0.39 is 4.92 Å². The first kappa shape index (κ1) is 7.69. The van der Waals surface area contributed by atoms with Gasteiger partial charge in [-0.3, -0.25) is 10.1 Å². The van der Waals surface area contributed by atoms with Crippen molar-refractivity contribution in [2.45, 2.75) is 6.42 Å². The lowest BCUT2D eigenvalue weighted by Crippen LogP contribution is -1.80. The Morgan fingerprint density at radius 1 is 1.73 bits per heavy atom. The van der Waals surface area contributed by atoms with Crippen molar-refractivity contribution in [3.63, 3.8) is 0 Å². The Balaban J connectivity index is 2.83. The maximum absolute atomic E-state index is 10.2. The van der Waals surface area contributed by atoms with Crippen LogP contribution < -0.4 is 0 Å². The van der Waals surface area contributed by atoms with E-state index in [0.29, 0.717) is 0 Å². The highest BCUT2D eigenvalue weighted by molar-refractivity contribution is 7.15. The third-order valence-electron chi connectivity index (χ3n) is 1.08. The number of nitriles is 1. The van der Waals surface area contributed by atoms with Gasteiger partial charge in [-0.15, -0.1) is 0 Å². The van der Waals surface area contributed by atoms with Crippen LogP contribution in [0.2, 0.25) is 0 Å². The Kier molecular flexibility index (Phi) is 2.18. The second-order valence-corrected chi connectivity index (χ2v) is 2.98. The third kappa shape index (κ3) is 1.75. The molecule has 4 nitrogen and oxygen atoms in total. The number of hydrogen-bond acceptors (Lipinski definition) is 4. The topological polar surface area (TPSA) is 66.9 Å². The Morgan fingerprint density at radius 2 is 2.45 bits per heavy atom. The number of rotatable bonds is 2. The molecule has 0 saturated heterocycles. The van der Waals surface area contributed by atoms with Gasteiger partial charge in [0.15, 0.2) is 0 Å². The van der Waals surface area contributed by atoms with E-state index in [4.69, 9.17) is 5.26 Å². The molecule has 0 aliphatic carbocycles. The molecule has 1 aromatic rings. The van der Waals surface area contributed by atoms with Gasteiger partial charge in [0.2, 0.25) is 0 Å². The lowest BCUT2D eigenvalue weighted by molar-refractivity contribution is -0.380. The average Bonchev–Trinajstić information content (AvgIpc) is 2.37. The summed E-state index contributed by atoms with van der Waals surface area (Å²) >= 11 is 1.04. The van der Waals surface area contributed by atoms with Crippen LogP contribution in [-0.2, 0) is 6.42 Å². The van der Waals surface area contributed by atoms with E-state index in [0.717, 1.165) is 16.2 Å². The van der Waals surface area contributed by atoms with Crippen molar-refractivity contribution >= 4 is 16.3 Å². The predicted octanol–water partition coefficient (Wildman–Crippen LogP) is 1.72. The highest BCUT2D eigenvalue weighted by Gasteiger charge is 2.08. The molecule has 0 atom stereocenters. The Morgan fingerprint density at radius 3 is 2.91 bits per heavy atom. The molecule has 0 aromatic carbocycles. The molecule has 0 saturated carbocycles. The van der Waals surface area contributed by atoms with Gasteiger partial charge < -0.3 is 0 Å². The summed E-state index contributed by atoms with van der Waals surface area (Å²) in [6.45, 7) is 0. The molecule has 0 fully saturated rings. The predicted molar refractivity (Wildman–Crippen MR) is 40.3 cm³/mol. The van der Waals surface area contributed by atoms with Crippen molar-refractivity contribution in [1.82, 2.24) is 0 Å². The smallest absolute Gasteiger partial charge is 0.258 e. The van der Waals surface area contributed by atoms with Crippen molar-refractivity contribution in [2.75, 3.05) is 0 Å². The van der Waals surface area contributed by atoms with E-state index in [9.17, 15) is 10.1 Å². The summed E-state index contributed by atoms with van der Waals surface area (Å²) in [7, 11) is 0. The Labute approximate surface area is 66.8 Å². The minimum absolute atomic E-state index is 0.0928. The van der Waals surface area contributed by atoms with Gasteiger partial charge in [0.05, 0.1) is 17.4 Å². The van der Waals surface area contributed by atoms with Gasteiger partial charge in [-0.25, -0.2) is 0 Å². The number of nitro groups is 1. The zero-order chi connectivity index (χ0) is 8.27. The first-order chi connectivity index (χ1) is 5.24. The monoisotopic (exact) mass is 168 g/mol. The Hall–Kier alpha value is -1.41. The van der Waals surface area contributed by atoms with Gasteiger partial charge in [0.25, 0.3) is 0 Å². The van der Waals surface area contributed by atoms with Gasteiger partial charge in [-0.1, -0.05) is 11.3 Å². The lowest BCUT2D eigenvalue weighted by atomic mass is 10.4. The quantitative estimate of drug-likeness (QED) is 0.498. The number of hydrogen-bond donors (Lipinski definition) is 0. The number of thiophene rings is 1. The molecule has 0 spiro atoms. The molecule has 1 heterocycles. The van der Waals surface area contributed by atoms with Crippen LogP contribution in [0.1, 0.15) is 4.88 Å². The van der Waals surface area contributed by atoms with Crippen molar-refractivity contribution in [3.05, 3.63) is 27.1 Å². The molecule has 5 heteroatoms. The SMILES string of the molecule is N#CCc1ccc([N+](=O)[O-])s1. The molecular weight excluding hydrogens is 164 g/mol. The molecule has 0 amide bonds. The van der Waals surface area contributed by atoms with Gasteiger partial charge >= 0.3 is 5.00 Å². The highest BCUT2D eigenvalue weighted by atomic mass is 32.1. The molecule has 11 heavy (non-hydrogen) atoms. The molecule has 0 aliphatic heterocycles. The van der Waals surface area contributed by atoms with Gasteiger partial charge in [-0.2, -0.15) is 5.26 Å². The van der Waals surface area contributed by atoms with Crippen molar-refractivity contribution < 1.29 is 4.92 Å². The molecule has 0 radical (unpaired) electrons. The first-order valence-corrected chi connectivity index (χ1v) is 3.65. The molecule has 0 unspecified atom stereocenters. The fraction of sp³-hybridized carbons (Fsp3) is 0.167. The molecular formula is C6H4N2O2S. The molecule has 56 valence electrons. The van der Waals surface area contributed by atoms with Crippen LogP contribution in [0.3, 0.4) is 0 Å². The fourth-order valence-electron chi connectivity index (χ4n) is 0.638. The second kappa shape index (κ2) is 3.12. The van der Waals surface area contributed by atoms with Crippen LogP contribution in [0.25, 0.3) is 0 Å². The summed E-state index contributed by atoms with van der Waals surface area (Å²) in [6, 6.07) is 4.94. The van der Waals surface area contributed by atoms with Crippen molar-refractivity contribution in [3.8, 4) is 6.07 Å². The van der Waals surface area contributed by atoms with Crippen LogP contribution in [0.4, 0.5) is 5.00 Å². The minimum Gasteiger partial charge on any atom is -0.258 e. The van der Waals surface area contributed by atoms with E-state index in [1.54, 1.807) is 6.07 Å². The standard InChI is InChI=1S/C6H4N2O2S/c7-4-3-5-1-2-6(11-5)8(9)10/h1-2H,3H2. The fourth-order valence-corrected chi connectivity index (χ4v) is 1.39. The third-order valence-corrected chi connectivity index (χ3v) is 2.12. The van der Waals surface area contributed by atoms with Crippen molar-refractivity contribution in [1.29, 1.82) is 5.26 Å². The summed E-state index contributed by atoms with van der Waals surface area (Å²) in [6.07, 6.45) is 0.249. The number of nitrogens with zero attached hydrogens (tertiary/aromatic N) is 2. The normalized spacial score (nSPS) is 9.00. The van der Waals surface area contributed by atoms with Gasteiger partial charge in [-0.05, 0) is 6.07 Å². The summed E-state index contributed by atoms with van der Waals surface area (Å²) in [5.41, 5.74) is 0. The van der Waals surface area contributed by atoms with Gasteiger partial charge in [0.1, 0.15) is 0 Å². The lowest BCUT2D eigenvalue weighted by Gasteiger charge is -1.80.